The van der Waals surface area contributed by atoms with Gasteiger partial charge in [0.2, 0.25) is 0 Å². The van der Waals surface area contributed by atoms with Crippen LogP contribution in [0.25, 0.3) is 0 Å². The van der Waals surface area contributed by atoms with E-state index < -0.39 is 42.5 Å². The van der Waals surface area contributed by atoms with E-state index >= 15 is 0 Å². The molecule has 7 nitrogen and oxygen atoms in total. The number of carbonyl (C=O) groups is 3. The number of aliphatic carboxylic acids is 3. The molecule has 7 heteroatoms. The van der Waals surface area contributed by atoms with E-state index in [1.165, 1.54) is 0 Å². The smallest absolute Gasteiger partial charge is 0.324 e. The first kappa shape index (κ1) is 15.0. The maximum Gasteiger partial charge on any atom is 0.324 e. The van der Waals surface area contributed by atoms with Crippen molar-refractivity contribution in [2.75, 3.05) is 13.1 Å². The Morgan fingerprint density at radius 3 is 2.00 bits per heavy atom. The molecule has 1 aliphatic carbocycles. The van der Waals surface area contributed by atoms with Crippen LogP contribution in [-0.4, -0.2) is 56.8 Å². The average Bonchev–Trinajstić information content (AvgIpc) is 3.14. The lowest BCUT2D eigenvalue weighted by atomic mass is 10.0. The fourth-order valence-electron chi connectivity index (χ4n) is 2.72. The summed E-state index contributed by atoms with van der Waals surface area (Å²) in [7, 11) is 0. The molecule has 0 heterocycles. The van der Waals surface area contributed by atoms with E-state index in [1.54, 1.807) is 30.3 Å². The monoisotopic (exact) mass is 293 g/mol. The summed E-state index contributed by atoms with van der Waals surface area (Å²) < 4.78 is 0. The molecule has 1 aromatic carbocycles. The van der Waals surface area contributed by atoms with Crippen molar-refractivity contribution in [2.24, 2.45) is 0 Å². The Kier molecular flexibility index (Phi) is 3.95. The molecule has 2 atom stereocenters. The van der Waals surface area contributed by atoms with Crippen molar-refractivity contribution in [2.45, 2.75) is 17.9 Å². The highest BCUT2D eigenvalue weighted by atomic mass is 16.4. The highest BCUT2D eigenvalue weighted by Gasteiger charge is 2.65. The van der Waals surface area contributed by atoms with E-state index in [-0.39, 0.29) is 6.42 Å². The van der Waals surface area contributed by atoms with Crippen molar-refractivity contribution in [3.8, 4) is 0 Å². The first-order chi connectivity index (χ1) is 9.87. The molecule has 2 unspecified atom stereocenters. The van der Waals surface area contributed by atoms with E-state index in [0.29, 0.717) is 0 Å². The van der Waals surface area contributed by atoms with Crippen LogP contribution < -0.4 is 0 Å². The minimum atomic E-state index is -1.46. The summed E-state index contributed by atoms with van der Waals surface area (Å²) in [6, 6.07) is 8.84. The SMILES string of the molecule is O=C(O)CN(CC(=O)O)C1(C(=O)O)CC1c1ccccc1. The maximum absolute atomic E-state index is 11.6. The molecule has 0 bridgehead atoms. The Morgan fingerprint density at radius 2 is 1.57 bits per heavy atom. The second-order valence-electron chi connectivity index (χ2n) is 5.04. The van der Waals surface area contributed by atoms with E-state index in [1.807, 2.05) is 0 Å². The second-order valence-corrected chi connectivity index (χ2v) is 5.04. The summed E-state index contributed by atoms with van der Waals surface area (Å²) in [6.45, 7) is -1.25. The molecule has 0 saturated heterocycles. The van der Waals surface area contributed by atoms with Crippen LogP contribution in [0.15, 0.2) is 30.3 Å². The van der Waals surface area contributed by atoms with Crippen LogP contribution in [0.3, 0.4) is 0 Å². The van der Waals surface area contributed by atoms with E-state index in [9.17, 15) is 19.5 Å². The van der Waals surface area contributed by atoms with Crippen LogP contribution >= 0.6 is 0 Å². The maximum atomic E-state index is 11.6. The third-order valence-corrected chi connectivity index (χ3v) is 3.72. The van der Waals surface area contributed by atoms with Gasteiger partial charge in [0, 0.05) is 5.92 Å². The molecule has 112 valence electrons. The first-order valence-corrected chi connectivity index (χ1v) is 6.35. The van der Waals surface area contributed by atoms with Gasteiger partial charge in [-0.25, -0.2) is 0 Å². The average molecular weight is 293 g/mol. The van der Waals surface area contributed by atoms with Gasteiger partial charge in [-0.05, 0) is 12.0 Å². The van der Waals surface area contributed by atoms with Gasteiger partial charge in [-0.3, -0.25) is 19.3 Å². The highest BCUT2D eigenvalue weighted by molar-refractivity contribution is 5.87. The third kappa shape index (κ3) is 2.87. The summed E-state index contributed by atoms with van der Waals surface area (Å²) in [5.41, 5.74) is -0.696. The predicted molar refractivity (Wildman–Crippen MR) is 71.0 cm³/mol. The molecule has 0 radical (unpaired) electrons. The molecule has 0 amide bonds. The lowest BCUT2D eigenvalue weighted by Gasteiger charge is -2.27. The molecule has 1 fully saturated rings. The quantitative estimate of drug-likeness (QED) is 0.669. The summed E-state index contributed by atoms with van der Waals surface area (Å²) in [5, 5.41) is 27.3. The van der Waals surface area contributed by atoms with Gasteiger partial charge in [-0.15, -0.1) is 0 Å². The largest absolute Gasteiger partial charge is 0.480 e. The standard InChI is InChI=1S/C14H15NO6/c16-11(17)7-15(8-12(18)19)14(13(20)21)6-10(14)9-4-2-1-3-5-9/h1-5,10H,6-8H2,(H,16,17)(H,18,19)(H,20,21). The van der Waals surface area contributed by atoms with Gasteiger partial charge in [-0.1, -0.05) is 30.3 Å². The number of carboxylic acid groups (broad SMARTS) is 3. The van der Waals surface area contributed by atoms with Crippen LogP contribution in [0.2, 0.25) is 0 Å². The van der Waals surface area contributed by atoms with Crippen molar-refractivity contribution >= 4 is 17.9 Å². The van der Waals surface area contributed by atoms with Crippen molar-refractivity contribution < 1.29 is 29.7 Å². The van der Waals surface area contributed by atoms with E-state index in [0.717, 1.165) is 10.5 Å². The van der Waals surface area contributed by atoms with Crippen LogP contribution in [0.1, 0.15) is 17.9 Å². The second kappa shape index (κ2) is 5.53. The predicted octanol–water partition coefficient (Wildman–Crippen LogP) is 0.469. The number of hydrogen-bond acceptors (Lipinski definition) is 4. The van der Waals surface area contributed by atoms with Crippen molar-refractivity contribution in [3.63, 3.8) is 0 Å². The lowest BCUT2D eigenvalue weighted by molar-refractivity contribution is -0.151. The Morgan fingerprint density at radius 1 is 1.05 bits per heavy atom. The Hall–Kier alpha value is -2.41. The van der Waals surface area contributed by atoms with Gasteiger partial charge in [0.15, 0.2) is 0 Å². The normalized spacial score (nSPS) is 23.8. The van der Waals surface area contributed by atoms with Crippen LogP contribution in [-0.2, 0) is 14.4 Å². The summed E-state index contributed by atoms with van der Waals surface area (Å²) in [6.07, 6.45) is 0.201. The highest BCUT2D eigenvalue weighted by Crippen LogP contribution is 2.55. The van der Waals surface area contributed by atoms with Crippen molar-refractivity contribution in [1.29, 1.82) is 0 Å². The number of carboxylic acids is 3. The molecule has 1 aliphatic rings. The fraction of sp³-hybridized carbons (Fsp3) is 0.357. The number of nitrogens with zero attached hydrogens (tertiary/aromatic N) is 1. The molecule has 1 saturated carbocycles. The molecule has 1 aromatic rings. The lowest BCUT2D eigenvalue weighted by Crippen LogP contribution is -2.49. The Balaban J connectivity index is 2.31. The molecular formula is C14H15NO6. The van der Waals surface area contributed by atoms with Crippen LogP contribution in [0.4, 0.5) is 0 Å². The fourth-order valence-corrected chi connectivity index (χ4v) is 2.72. The molecule has 0 spiro atoms. The number of rotatable bonds is 7. The Bertz CT molecular complexity index is 556. The van der Waals surface area contributed by atoms with Gasteiger partial charge in [0.05, 0.1) is 13.1 Å². The molecule has 2 rings (SSSR count). The van der Waals surface area contributed by atoms with Gasteiger partial charge in [-0.2, -0.15) is 0 Å². The minimum Gasteiger partial charge on any atom is -0.480 e. The zero-order chi connectivity index (χ0) is 15.6. The summed E-state index contributed by atoms with van der Waals surface area (Å²) in [4.78, 5) is 34.5. The van der Waals surface area contributed by atoms with E-state index in [4.69, 9.17) is 10.2 Å². The number of benzene rings is 1. The molecule has 0 aromatic heterocycles. The van der Waals surface area contributed by atoms with Gasteiger partial charge in [0.1, 0.15) is 5.54 Å². The van der Waals surface area contributed by atoms with E-state index in [2.05, 4.69) is 0 Å². The van der Waals surface area contributed by atoms with Crippen LogP contribution in [0.5, 0.6) is 0 Å². The molecular weight excluding hydrogens is 278 g/mol. The van der Waals surface area contributed by atoms with Crippen molar-refractivity contribution in [3.05, 3.63) is 35.9 Å². The van der Waals surface area contributed by atoms with Gasteiger partial charge >= 0.3 is 17.9 Å². The zero-order valence-corrected chi connectivity index (χ0v) is 11.1. The zero-order valence-electron chi connectivity index (χ0n) is 11.1. The van der Waals surface area contributed by atoms with Crippen LogP contribution in [0, 0.1) is 0 Å². The summed E-state index contributed by atoms with van der Waals surface area (Å²) >= 11 is 0. The minimum absolute atomic E-state index is 0.201. The van der Waals surface area contributed by atoms with Gasteiger partial charge < -0.3 is 15.3 Å². The Labute approximate surface area is 120 Å². The summed E-state index contributed by atoms with van der Waals surface area (Å²) in [5.74, 6) is -4.11. The van der Waals surface area contributed by atoms with Crippen molar-refractivity contribution in [1.82, 2.24) is 4.90 Å². The third-order valence-electron chi connectivity index (χ3n) is 3.72. The topological polar surface area (TPSA) is 115 Å². The molecule has 0 aliphatic heterocycles. The first-order valence-electron chi connectivity index (χ1n) is 6.35. The molecule has 3 N–H and O–H groups in total. The molecule has 21 heavy (non-hydrogen) atoms. The number of hydrogen-bond donors (Lipinski definition) is 3. The van der Waals surface area contributed by atoms with Gasteiger partial charge in [0.25, 0.3) is 0 Å².